The monoisotopic (exact) mass is 306 g/mol. The molecular weight excluding hydrogens is 291 g/mol. The Balaban J connectivity index is 2.53. The Morgan fingerprint density at radius 2 is 2.00 bits per heavy atom. The Morgan fingerprint density at radius 1 is 1.29 bits per heavy atom. The number of benzene rings is 2. The second-order valence-electron chi connectivity index (χ2n) is 4.74. The number of amides is 1. The summed E-state index contributed by atoms with van der Waals surface area (Å²) in [5.41, 5.74) is 5.42. The minimum atomic E-state index is -1.22. The Labute approximate surface area is 127 Å². The van der Waals surface area contributed by atoms with Gasteiger partial charge in [0.1, 0.15) is 11.4 Å². The van der Waals surface area contributed by atoms with E-state index in [-0.39, 0.29) is 0 Å². The first-order valence-corrected chi connectivity index (χ1v) is 6.96. The molecule has 0 heterocycles. The van der Waals surface area contributed by atoms with E-state index >= 15 is 0 Å². The maximum absolute atomic E-state index is 13.5. The van der Waals surface area contributed by atoms with E-state index in [1.807, 2.05) is 0 Å². The highest BCUT2D eigenvalue weighted by molar-refractivity contribution is 6.33. The average Bonchev–Trinajstić information content (AvgIpc) is 2.46. The minimum absolute atomic E-state index is 0.358. The summed E-state index contributed by atoms with van der Waals surface area (Å²) in [5.74, 6) is -1.01. The molecule has 0 aliphatic rings. The van der Waals surface area contributed by atoms with E-state index in [1.165, 1.54) is 12.1 Å². The van der Waals surface area contributed by atoms with E-state index in [9.17, 15) is 9.18 Å². The summed E-state index contributed by atoms with van der Waals surface area (Å²) < 4.78 is 13.5. The Kier molecular flexibility index (Phi) is 4.48. The van der Waals surface area contributed by atoms with Crippen molar-refractivity contribution in [3.05, 3.63) is 64.9 Å². The number of rotatable bonds is 5. The zero-order valence-corrected chi connectivity index (χ0v) is 12.3. The lowest BCUT2D eigenvalue weighted by atomic mass is 9.86. The van der Waals surface area contributed by atoms with Gasteiger partial charge in [0.25, 0.3) is 0 Å². The Bertz CT molecular complexity index is 662. The number of carbonyl (C=O) groups excluding carboxylic acids is 1. The van der Waals surface area contributed by atoms with Gasteiger partial charge in [0, 0.05) is 0 Å². The van der Waals surface area contributed by atoms with Crippen molar-refractivity contribution in [2.75, 3.05) is 5.32 Å². The number of para-hydroxylation sites is 1. The number of halogens is 2. The highest BCUT2D eigenvalue weighted by Gasteiger charge is 2.37. The lowest BCUT2D eigenvalue weighted by Gasteiger charge is -2.32. The van der Waals surface area contributed by atoms with Gasteiger partial charge in [-0.15, -0.1) is 0 Å². The molecule has 0 saturated heterocycles. The molecule has 0 aliphatic carbocycles. The van der Waals surface area contributed by atoms with Crippen LogP contribution in [0.1, 0.15) is 18.9 Å². The second kappa shape index (κ2) is 6.14. The number of carbonyl (C=O) groups is 1. The van der Waals surface area contributed by atoms with Gasteiger partial charge in [0.15, 0.2) is 0 Å². The molecule has 0 aromatic heterocycles. The fourth-order valence-corrected chi connectivity index (χ4v) is 2.47. The minimum Gasteiger partial charge on any atom is -0.367 e. The summed E-state index contributed by atoms with van der Waals surface area (Å²) in [5, 5.41) is 3.55. The molecule has 0 bridgehead atoms. The summed E-state index contributed by atoms with van der Waals surface area (Å²) in [6, 6.07) is 12.9. The van der Waals surface area contributed by atoms with Crippen molar-refractivity contribution in [2.24, 2.45) is 5.73 Å². The van der Waals surface area contributed by atoms with Crippen molar-refractivity contribution in [3.8, 4) is 0 Å². The van der Waals surface area contributed by atoms with Gasteiger partial charge >= 0.3 is 0 Å². The third-order valence-corrected chi connectivity index (χ3v) is 3.82. The van der Waals surface area contributed by atoms with Gasteiger partial charge in [-0.3, -0.25) is 4.79 Å². The van der Waals surface area contributed by atoms with Crippen LogP contribution >= 0.6 is 11.6 Å². The van der Waals surface area contributed by atoms with Crippen LogP contribution in [0.3, 0.4) is 0 Å². The SMILES string of the molecule is CCC(Nc1ccccc1Cl)(C(N)=O)c1cccc(F)c1. The van der Waals surface area contributed by atoms with Crippen molar-refractivity contribution >= 4 is 23.2 Å². The highest BCUT2D eigenvalue weighted by atomic mass is 35.5. The van der Waals surface area contributed by atoms with Gasteiger partial charge in [-0.05, 0) is 36.2 Å². The Morgan fingerprint density at radius 3 is 2.57 bits per heavy atom. The average molecular weight is 307 g/mol. The van der Waals surface area contributed by atoms with Crippen LogP contribution in [0.4, 0.5) is 10.1 Å². The summed E-state index contributed by atoms with van der Waals surface area (Å²) >= 11 is 6.12. The standard InChI is InChI=1S/C16H16ClFN2O/c1-2-16(15(19)21,11-6-5-7-12(18)10-11)20-14-9-4-3-8-13(14)17/h3-10,20H,2H2,1H3,(H2,19,21). The van der Waals surface area contributed by atoms with Gasteiger partial charge < -0.3 is 11.1 Å². The molecule has 21 heavy (non-hydrogen) atoms. The summed E-state index contributed by atoms with van der Waals surface area (Å²) in [4.78, 5) is 12.1. The molecule has 0 radical (unpaired) electrons. The van der Waals surface area contributed by atoms with Crippen LogP contribution in [0.15, 0.2) is 48.5 Å². The van der Waals surface area contributed by atoms with Gasteiger partial charge in [-0.2, -0.15) is 0 Å². The quantitative estimate of drug-likeness (QED) is 0.885. The molecule has 110 valence electrons. The molecule has 3 nitrogen and oxygen atoms in total. The molecule has 2 rings (SSSR count). The fourth-order valence-electron chi connectivity index (χ4n) is 2.29. The van der Waals surface area contributed by atoms with Gasteiger partial charge in [-0.25, -0.2) is 4.39 Å². The van der Waals surface area contributed by atoms with E-state index in [4.69, 9.17) is 17.3 Å². The van der Waals surface area contributed by atoms with E-state index in [0.717, 1.165) is 0 Å². The molecule has 3 N–H and O–H groups in total. The number of primary amides is 1. The van der Waals surface area contributed by atoms with Crippen molar-refractivity contribution < 1.29 is 9.18 Å². The summed E-state index contributed by atoms with van der Waals surface area (Å²) in [6.45, 7) is 1.81. The molecule has 2 aromatic carbocycles. The number of nitrogens with one attached hydrogen (secondary N) is 1. The molecule has 1 atom stereocenters. The molecule has 2 aromatic rings. The molecular formula is C16H16ClFN2O. The maximum Gasteiger partial charge on any atom is 0.247 e. The van der Waals surface area contributed by atoms with Crippen molar-refractivity contribution in [2.45, 2.75) is 18.9 Å². The van der Waals surface area contributed by atoms with Crippen molar-refractivity contribution in [1.82, 2.24) is 0 Å². The lowest BCUT2D eigenvalue weighted by Crippen LogP contribution is -2.47. The predicted octanol–water partition coefficient (Wildman–Crippen LogP) is 3.68. The first-order valence-electron chi connectivity index (χ1n) is 6.58. The molecule has 0 saturated carbocycles. The van der Waals surface area contributed by atoms with Crippen LogP contribution in [0, 0.1) is 5.82 Å². The zero-order chi connectivity index (χ0) is 15.5. The van der Waals surface area contributed by atoms with Gasteiger partial charge in [0.2, 0.25) is 5.91 Å². The summed E-state index contributed by atoms with van der Waals surface area (Å²) in [6.07, 6.45) is 0.358. The third kappa shape index (κ3) is 3.00. The maximum atomic E-state index is 13.5. The lowest BCUT2D eigenvalue weighted by molar-refractivity contribution is -0.122. The van der Waals surface area contributed by atoms with Gasteiger partial charge in [0.05, 0.1) is 10.7 Å². The molecule has 0 aliphatic heterocycles. The smallest absolute Gasteiger partial charge is 0.247 e. The van der Waals surface area contributed by atoms with Crippen LogP contribution in [-0.2, 0) is 10.3 Å². The van der Waals surface area contributed by atoms with Crippen LogP contribution in [0.25, 0.3) is 0 Å². The normalized spacial score (nSPS) is 13.5. The number of hydrogen-bond donors (Lipinski definition) is 2. The van der Waals surface area contributed by atoms with Crippen molar-refractivity contribution in [3.63, 3.8) is 0 Å². The fraction of sp³-hybridized carbons (Fsp3) is 0.188. The van der Waals surface area contributed by atoms with E-state index in [1.54, 1.807) is 43.3 Å². The molecule has 1 unspecified atom stereocenters. The summed E-state index contributed by atoms with van der Waals surface area (Å²) in [7, 11) is 0. The van der Waals surface area contributed by atoms with Crippen molar-refractivity contribution in [1.29, 1.82) is 0 Å². The van der Waals surface area contributed by atoms with E-state index in [0.29, 0.717) is 22.7 Å². The van der Waals surface area contributed by atoms with Crippen LogP contribution < -0.4 is 11.1 Å². The number of nitrogens with two attached hydrogens (primary N) is 1. The molecule has 1 amide bonds. The number of anilines is 1. The van der Waals surface area contributed by atoms with E-state index in [2.05, 4.69) is 5.32 Å². The van der Waals surface area contributed by atoms with Crippen LogP contribution in [0.2, 0.25) is 5.02 Å². The van der Waals surface area contributed by atoms with E-state index < -0.39 is 17.3 Å². The molecule has 5 heteroatoms. The van der Waals surface area contributed by atoms with Gasteiger partial charge in [-0.1, -0.05) is 42.8 Å². The first-order chi connectivity index (χ1) is 9.99. The highest BCUT2D eigenvalue weighted by Crippen LogP contribution is 2.33. The number of hydrogen-bond acceptors (Lipinski definition) is 2. The Hall–Kier alpha value is -2.07. The molecule has 0 fully saturated rings. The largest absolute Gasteiger partial charge is 0.367 e. The second-order valence-corrected chi connectivity index (χ2v) is 5.15. The zero-order valence-electron chi connectivity index (χ0n) is 11.6. The topological polar surface area (TPSA) is 55.1 Å². The first kappa shape index (κ1) is 15.3. The molecule has 0 spiro atoms. The predicted molar refractivity (Wildman–Crippen MR) is 82.6 cm³/mol. The van der Waals surface area contributed by atoms with Crippen LogP contribution in [-0.4, -0.2) is 5.91 Å². The van der Waals surface area contributed by atoms with Crippen LogP contribution in [0.5, 0.6) is 0 Å². The third-order valence-electron chi connectivity index (χ3n) is 3.49.